The fraction of sp³-hybridized carbons (Fsp3) is 0.182. The summed E-state index contributed by atoms with van der Waals surface area (Å²) in [6.45, 7) is 3.69. The molecular formula is C22H19F2NO2S. The highest BCUT2D eigenvalue weighted by Gasteiger charge is 2.20. The summed E-state index contributed by atoms with van der Waals surface area (Å²) in [5, 5.41) is 0.507. The Kier molecular flexibility index (Phi) is 6.41. The number of hydrogen-bond donors (Lipinski definition) is 0. The molecule has 0 bridgehead atoms. The van der Waals surface area contributed by atoms with Crippen molar-refractivity contribution in [2.24, 2.45) is 0 Å². The van der Waals surface area contributed by atoms with Crippen molar-refractivity contribution in [2.45, 2.75) is 30.2 Å². The lowest BCUT2D eigenvalue weighted by Gasteiger charge is -2.16. The molecule has 1 heterocycles. The van der Waals surface area contributed by atoms with Gasteiger partial charge in [-0.2, -0.15) is 0 Å². The summed E-state index contributed by atoms with van der Waals surface area (Å²) in [6, 6.07) is 15.4. The molecule has 0 N–H and O–H groups in total. The van der Waals surface area contributed by atoms with E-state index >= 15 is 0 Å². The molecule has 0 aliphatic carbocycles. The molecule has 0 fully saturated rings. The van der Waals surface area contributed by atoms with E-state index in [2.05, 4.69) is 4.98 Å². The van der Waals surface area contributed by atoms with Crippen LogP contribution in [0.25, 0.3) is 0 Å². The minimum atomic E-state index is -0.527. The SMILES string of the molecule is C[C@H](OC(=O)c1cccnc1S[C@@H](C)c1ccc(F)cc1)c1ccc(F)cc1. The monoisotopic (exact) mass is 399 g/mol. The number of carbonyl (C=O) groups is 1. The number of aromatic nitrogens is 1. The number of nitrogens with zero attached hydrogens (tertiary/aromatic N) is 1. The Bertz CT molecular complexity index is 946. The molecule has 0 unspecified atom stereocenters. The maximum atomic E-state index is 13.1. The molecular weight excluding hydrogens is 380 g/mol. The highest BCUT2D eigenvalue weighted by Crippen LogP contribution is 2.36. The van der Waals surface area contributed by atoms with Crippen molar-refractivity contribution in [1.29, 1.82) is 0 Å². The van der Waals surface area contributed by atoms with Crippen LogP contribution in [0.2, 0.25) is 0 Å². The molecule has 0 amide bonds. The van der Waals surface area contributed by atoms with Gasteiger partial charge >= 0.3 is 5.97 Å². The molecule has 3 aromatic rings. The van der Waals surface area contributed by atoms with Crippen LogP contribution in [0.4, 0.5) is 8.78 Å². The average molecular weight is 399 g/mol. The van der Waals surface area contributed by atoms with Gasteiger partial charge in [0.05, 0.1) is 5.56 Å². The van der Waals surface area contributed by atoms with Crippen molar-refractivity contribution in [1.82, 2.24) is 4.98 Å². The first-order chi connectivity index (χ1) is 13.4. The smallest absolute Gasteiger partial charge is 0.341 e. The van der Waals surface area contributed by atoms with Crippen molar-refractivity contribution in [2.75, 3.05) is 0 Å². The Morgan fingerprint density at radius 1 is 0.929 bits per heavy atom. The first kappa shape index (κ1) is 20.0. The number of thioether (sulfide) groups is 1. The third kappa shape index (κ3) is 4.95. The van der Waals surface area contributed by atoms with E-state index < -0.39 is 12.1 Å². The Balaban J connectivity index is 1.74. The molecule has 1 aromatic heterocycles. The van der Waals surface area contributed by atoms with Gasteiger partial charge in [0, 0.05) is 11.4 Å². The van der Waals surface area contributed by atoms with E-state index in [-0.39, 0.29) is 16.9 Å². The molecule has 0 saturated carbocycles. The second-order valence-electron chi connectivity index (χ2n) is 6.27. The molecule has 144 valence electrons. The van der Waals surface area contributed by atoms with Gasteiger partial charge in [-0.15, -0.1) is 0 Å². The van der Waals surface area contributed by atoms with Crippen LogP contribution < -0.4 is 0 Å². The van der Waals surface area contributed by atoms with Crippen LogP contribution >= 0.6 is 11.8 Å². The lowest BCUT2D eigenvalue weighted by Crippen LogP contribution is -2.11. The lowest BCUT2D eigenvalue weighted by atomic mass is 10.1. The van der Waals surface area contributed by atoms with Gasteiger partial charge < -0.3 is 4.74 Å². The van der Waals surface area contributed by atoms with E-state index in [4.69, 9.17) is 4.74 Å². The van der Waals surface area contributed by atoms with E-state index in [1.807, 2.05) is 6.92 Å². The van der Waals surface area contributed by atoms with Crippen molar-refractivity contribution >= 4 is 17.7 Å². The van der Waals surface area contributed by atoms with E-state index in [0.29, 0.717) is 16.2 Å². The summed E-state index contributed by atoms with van der Waals surface area (Å²) < 4.78 is 31.7. The van der Waals surface area contributed by atoms with Crippen LogP contribution in [0.15, 0.2) is 71.9 Å². The van der Waals surface area contributed by atoms with Gasteiger partial charge in [0.15, 0.2) is 0 Å². The average Bonchev–Trinajstić information content (AvgIpc) is 2.69. The molecule has 6 heteroatoms. The first-order valence-corrected chi connectivity index (χ1v) is 9.65. The number of ether oxygens (including phenoxy) is 1. The second kappa shape index (κ2) is 8.97. The molecule has 0 aliphatic heterocycles. The summed E-state index contributed by atoms with van der Waals surface area (Å²) in [6.07, 6.45) is 1.08. The normalized spacial score (nSPS) is 13.0. The molecule has 0 aliphatic rings. The van der Waals surface area contributed by atoms with Crippen LogP contribution in [0.1, 0.15) is 46.7 Å². The number of esters is 1. The number of benzene rings is 2. The van der Waals surface area contributed by atoms with Crippen LogP contribution in [0.3, 0.4) is 0 Å². The number of halogens is 2. The molecule has 3 rings (SSSR count). The molecule has 0 saturated heterocycles. The zero-order valence-corrected chi connectivity index (χ0v) is 16.2. The van der Waals surface area contributed by atoms with E-state index in [1.54, 1.807) is 49.5 Å². The van der Waals surface area contributed by atoms with E-state index in [9.17, 15) is 13.6 Å². The predicted molar refractivity (Wildman–Crippen MR) is 105 cm³/mol. The standard InChI is InChI=1S/C22H19F2NO2S/c1-14(16-5-9-18(23)10-6-16)27-22(26)20-4-3-13-25-21(20)28-15(2)17-7-11-19(24)12-8-17/h3-15H,1-2H3/t14-,15-/m0/s1. The van der Waals surface area contributed by atoms with Gasteiger partial charge in [-0.05, 0) is 61.4 Å². The largest absolute Gasteiger partial charge is 0.454 e. The maximum absolute atomic E-state index is 13.1. The van der Waals surface area contributed by atoms with Gasteiger partial charge in [0.2, 0.25) is 0 Å². The predicted octanol–water partition coefficient (Wildman–Crippen LogP) is 6.13. The Hall–Kier alpha value is -2.73. The molecule has 3 nitrogen and oxygen atoms in total. The number of rotatable bonds is 6. The highest BCUT2D eigenvalue weighted by molar-refractivity contribution is 7.99. The topological polar surface area (TPSA) is 39.2 Å². The fourth-order valence-electron chi connectivity index (χ4n) is 2.64. The minimum Gasteiger partial charge on any atom is -0.454 e. The van der Waals surface area contributed by atoms with E-state index in [0.717, 1.165) is 5.56 Å². The fourth-order valence-corrected chi connectivity index (χ4v) is 3.66. The third-order valence-corrected chi connectivity index (χ3v) is 5.42. The zero-order chi connectivity index (χ0) is 20.1. The van der Waals surface area contributed by atoms with Gasteiger partial charge in [-0.1, -0.05) is 36.0 Å². The molecule has 0 spiro atoms. The quantitative estimate of drug-likeness (QED) is 0.369. The van der Waals surface area contributed by atoms with Crippen LogP contribution in [0, 0.1) is 11.6 Å². The summed E-state index contributed by atoms with van der Waals surface area (Å²) in [4.78, 5) is 17.0. The summed E-state index contributed by atoms with van der Waals surface area (Å²) in [5.41, 5.74) is 1.99. The van der Waals surface area contributed by atoms with Crippen LogP contribution in [0.5, 0.6) is 0 Å². The van der Waals surface area contributed by atoms with Crippen molar-refractivity contribution in [3.63, 3.8) is 0 Å². The van der Waals surface area contributed by atoms with Gasteiger partial charge in [-0.25, -0.2) is 18.6 Å². The van der Waals surface area contributed by atoms with Crippen molar-refractivity contribution in [3.8, 4) is 0 Å². The number of hydrogen-bond acceptors (Lipinski definition) is 4. The molecule has 2 atom stereocenters. The summed E-state index contributed by atoms with van der Waals surface area (Å²) in [5.74, 6) is -1.14. The second-order valence-corrected chi connectivity index (χ2v) is 7.60. The minimum absolute atomic E-state index is 0.0310. The van der Waals surface area contributed by atoms with Gasteiger partial charge in [0.25, 0.3) is 0 Å². The summed E-state index contributed by atoms with van der Waals surface area (Å²) in [7, 11) is 0. The molecule has 0 radical (unpaired) electrons. The third-order valence-electron chi connectivity index (χ3n) is 4.24. The number of carbonyl (C=O) groups excluding carboxylic acids is 1. The van der Waals surface area contributed by atoms with E-state index in [1.165, 1.54) is 36.0 Å². The maximum Gasteiger partial charge on any atom is 0.341 e. The Labute approximate surface area is 166 Å². The first-order valence-electron chi connectivity index (χ1n) is 8.77. The van der Waals surface area contributed by atoms with Gasteiger partial charge in [-0.3, -0.25) is 0 Å². The van der Waals surface area contributed by atoms with Crippen molar-refractivity contribution in [3.05, 3.63) is 95.2 Å². The molecule has 2 aromatic carbocycles. The lowest BCUT2D eigenvalue weighted by molar-refractivity contribution is 0.0332. The highest BCUT2D eigenvalue weighted by atomic mass is 32.2. The Morgan fingerprint density at radius 2 is 1.50 bits per heavy atom. The zero-order valence-electron chi connectivity index (χ0n) is 15.4. The van der Waals surface area contributed by atoms with Crippen LogP contribution in [-0.4, -0.2) is 11.0 Å². The summed E-state index contributed by atoms with van der Waals surface area (Å²) >= 11 is 1.40. The van der Waals surface area contributed by atoms with Crippen LogP contribution in [-0.2, 0) is 4.74 Å². The molecule has 28 heavy (non-hydrogen) atoms. The van der Waals surface area contributed by atoms with Gasteiger partial charge in [0.1, 0.15) is 22.8 Å². The van der Waals surface area contributed by atoms with Crippen molar-refractivity contribution < 1.29 is 18.3 Å². The Morgan fingerprint density at radius 3 is 2.11 bits per heavy atom. The number of pyridine rings is 1.